The zero-order chi connectivity index (χ0) is 11.0. The molecule has 1 aromatic carbocycles. The molecule has 1 saturated heterocycles. The molecule has 0 saturated carbocycles. The Hall–Kier alpha value is -0.0600. The first kappa shape index (κ1) is 11.1. The smallest absolute Gasteiger partial charge is 0.0771 e. The lowest BCUT2D eigenvalue weighted by atomic mass is 10.2. The van der Waals surface area contributed by atoms with E-state index in [1.165, 1.54) is 34.4 Å². The van der Waals surface area contributed by atoms with E-state index >= 15 is 0 Å². The number of nitrogens with one attached hydrogen (secondary N) is 1. The van der Waals surface area contributed by atoms with Crippen LogP contribution in [0.15, 0.2) is 28.9 Å². The number of aromatic nitrogens is 1. The van der Waals surface area contributed by atoms with Crippen LogP contribution in [0.2, 0.25) is 0 Å². The van der Waals surface area contributed by atoms with Crippen LogP contribution < -0.4 is 0 Å². The van der Waals surface area contributed by atoms with Crippen molar-refractivity contribution in [3.63, 3.8) is 0 Å². The molecule has 1 N–H and O–H groups in total. The lowest BCUT2D eigenvalue weighted by Crippen LogP contribution is -1.99. The Labute approximate surface area is 112 Å². The van der Waals surface area contributed by atoms with Gasteiger partial charge in [0.2, 0.25) is 0 Å². The van der Waals surface area contributed by atoms with E-state index in [0.29, 0.717) is 4.58 Å². The van der Waals surface area contributed by atoms with Crippen molar-refractivity contribution in [3.05, 3.63) is 34.4 Å². The highest BCUT2D eigenvalue weighted by molar-refractivity contribution is 9.10. The summed E-state index contributed by atoms with van der Waals surface area (Å²) in [5.41, 5.74) is 2.69. The average molecular weight is 314 g/mol. The van der Waals surface area contributed by atoms with Gasteiger partial charge in [-0.15, -0.1) is 23.5 Å². The SMILES string of the molecule is Brc1ccc2[nH]cc(C3SCCCS3)c2c1. The molecular weight excluding hydrogens is 302 g/mol. The van der Waals surface area contributed by atoms with Gasteiger partial charge < -0.3 is 4.98 Å². The molecule has 4 heteroatoms. The van der Waals surface area contributed by atoms with Crippen LogP contribution in [0, 0.1) is 0 Å². The Bertz CT molecular complexity index is 503. The van der Waals surface area contributed by atoms with E-state index in [4.69, 9.17) is 0 Å². The van der Waals surface area contributed by atoms with Crippen LogP contribution >= 0.6 is 39.5 Å². The minimum absolute atomic E-state index is 0.608. The van der Waals surface area contributed by atoms with Gasteiger partial charge in [-0.05, 0) is 36.1 Å². The summed E-state index contributed by atoms with van der Waals surface area (Å²) in [6.07, 6.45) is 3.52. The zero-order valence-electron chi connectivity index (χ0n) is 8.70. The normalized spacial score (nSPS) is 18.1. The van der Waals surface area contributed by atoms with Gasteiger partial charge in [0.1, 0.15) is 0 Å². The number of hydrogen-bond acceptors (Lipinski definition) is 2. The van der Waals surface area contributed by atoms with Gasteiger partial charge >= 0.3 is 0 Å². The van der Waals surface area contributed by atoms with E-state index in [-0.39, 0.29) is 0 Å². The van der Waals surface area contributed by atoms with Gasteiger partial charge in [0.15, 0.2) is 0 Å². The second kappa shape index (κ2) is 4.67. The maximum atomic E-state index is 3.55. The summed E-state index contributed by atoms with van der Waals surface area (Å²) in [6, 6.07) is 6.45. The maximum absolute atomic E-state index is 3.55. The third kappa shape index (κ3) is 2.03. The Morgan fingerprint density at radius 2 is 2.06 bits per heavy atom. The summed E-state index contributed by atoms with van der Waals surface area (Å²) in [5, 5.41) is 1.36. The second-order valence-corrected chi connectivity index (χ2v) is 7.50. The van der Waals surface area contributed by atoms with Crippen LogP contribution in [0.3, 0.4) is 0 Å². The standard InChI is InChI=1S/C12H12BrNS2/c13-8-2-3-11-9(6-8)10(7-14-11)12-15-4-1-5-16-12/h2-3,6-7,12,14H,1,4-5H2. The topological polar surface area (TPSA) is 15.8 Å². The van der Waals surface area contributed by atoms with Crippen molar-refractivity contribution in [3.8, 4) is 0 Å². The van der Waals surface area contributed by atoms with Crippen LogP contribution in [-0.2, 0) is 0 Å². The first-order chi connectivity index (χ1) is 7.84. The number of fused-ring (bicyclic) bond motifs is 1. The third-order valence-corrected chi connectivity index (χ3v) is 6.23. The van der Waals surface area contributed by atoms with Gasteiger partial charge in [0, 0.05) is 27.1 Å². The fourth-order valence-electron chi connectivity index (χ4n) is 1.98. The molecule has 3 rings (SSSR count). The van der Waals surface area contributed by atoms with Gasteiger partial charge in [0.05, 0.1) is 4.58 Å². The van der Waals surface area contributed by atoms with Crippen molar-refractivity contribution in [1.29, 1.82) is 0 Å². The van der Waals surface area contributed by atoms with E-state index in [0.717, 1.165) is 4.47 Å². The first-order valence-electron chi connectivity index (χ1n) is 5.34. The number of H-pyrrole nitrogens is 1. The minimum atomic E-state index is 0.608. The van der Waals surface area contributed by atoms with Crippen molar-refractivity contribution in [1.82, 2.24) is 4.98 Å². The van der Waals surface area contributed by atoms with Gasteiger partial charge in [-0.2, -0.15) is 0 Å². The molecule has 1 fully saturated rings. The average Bonchev–Trinajstić information content (AvgIpc) is 2.73. The summed E-state index contributed by atoms with van der Waals surface area (Å²) >= 11 is 7.69. The molecule has 0 radical (unpaired) electrons. The molecule has 0 atom stereocenters. The molecular formula is C12H12BrNS2. The number of rotatable bonds is 1. The minimum Gasteiger partial charge on any atom is -0.361 e. The van der Waals surface area contributed by atoms with Crippen molar-refractivity contribution in [2.45, 2.75) is 11.0 Å². The molecule has 1 aliphatic rings. The van der Waals surface area contributed by atoms with Crippen LogP contribution in [-0.4, -0.2) is 16.5 Å². The second-order valence-electron chi connectivity index (χ2n) is 3.86. The summed E-state index contributed by atoms with van der Waals surface area (Å²) in [6.45, 7) is 0. The number of halogens is 1. The monoisotopic (exact) mass is 313 g/mol. The molecule has 0 unspecified atom stereocenters. The lowest BCUT2D eigenvalue weighted by molar-refractivity contribution is 1.10. The van der Waals surface area contributed by atoms with E-state index in [1.54, 1.807) is 0 Å². The Kier molecular flexibility index (Phi) is 3.22. The van der Waals surface area contributed by atoms with Gasteiger partial charge in [0.25, 0.3) is 0 Å². The highest BCUT2D eigenvalue weighted by atomic mass is 79.9. The highest BCUT2D eigenvalue weighted by Gasteiger charge is 2.19. The molecule has 16 heavy (non-hydrogen) atoms. The Balaban J connectivity index is 2.05. The molecule has 1 nitrogen and oxygen atoms in total. The molecule has 0 aliphatic carbocycles. The van der Waals surface area contributed by atoms with Crippen molar-refractivity contribution < 1.29 is 0 Å². The first-order valence-corrected chi connectivity index (χ1v) is 8.23. The van der Waals surface area contributed by atoms with Crippen LogP contribution in [0.5, 0.6) is 0 Å². The number of hydrogen-bond donors (Lipinski definition) is 1. The van der Waals surface area contributed by atoms with Gasteiger partial charge in [-0.1, -0.05) is 15.9 Å². The predicted octanol–water partition coefficient (Wildman–Crippen LogP) is 4.80. The van der Waals surface area contributed by atoms with Gasteiger partial charge in [-0.3, -0.25) is 0 Å². The van der Waals surface area contributed by atoms with Crippen LogP contribution in [0.4, 0.5) is 0 Å². The predicted molar refractivity (Wildman–Crippen MR) is 78.3 cm³/mol. The third-order valence-electron chi connectivity index (χ3n) is 2.76. The summed E-state index contributed by atoms with van der Waals surface area (Å²) in [7, 11) is 0. The van der Waals surface area contributed by atoms with Gasteiger partial charge in [-0.25, -0.2) is 0 Å². The zero-order valence-corrected chi connectivity index (χ0v) is 11.9. The van der Waals surface area contributed by atoms with Crippen molar-refractivity contribution in [2.24, 2.45) is 0 Å². The largest absolute Gasteiger partial charge is 0.361 e. The van der Waals surface area contributed by atoms with Crippen molar-refractivity contribution in [2.75, 3.05) is 11.5 Å². The summed E-state index contributed by atoms with van der Waals surface area (Å²) in [4.78, 5) is 3.37. The van der Waals surface area contributed by atoms with Crippen LogP contribution in [0.1, 0.15) is 16.6 Å². The molecule has 1 aromatic heterocycles. The number of thioether (sulfide) groups is 2. The molecule has 84 valence electrons. The fraction of sp³-hybridized carbons (Fsp3) is 0.333. The molecule has 0 amide bonds. The molecule has 2 aromatic rings. The molecule has 0 bridgehead atoms. The quantitative estimate of drug-likeness (QED) is 0.814. The number of aromatic amines is 1. The summed E-state index contributed by atoms with van der Waals surface area (Å²) < 4.78 is 1.77. The lowest BCUT2D eigenvalue weighted by Gasteiger charge is -2.20. The van der Waals surface area contributed by atoms with E-state index < -0.39 is 0 Å². The maximum Gasteiger partial charge on any atom is 0.0771 e. The molecule has 0 spiro atoms. The van der Waals surface area contributed by atoms with Crippen LogP contribution in [0.25, 0.3) is 10.9 Å². The van der Waals surface area contributed by atoms with E-state index in [2.05, 4.69) is 68.8 Å². The fourth-order valence-corrected chi connectivity index (χ4v) is 5.28. The van der Waals surface area contributed by atoms with E-state index in [9.17, 15) is 0 Å². The molecule has 1 aliphatic heterocycles. The van der Waals surface area contributed by atoms with Crippen molar-refractivity contribution >= 4 is 50.4 Å². The molecule has 2 heterocycles. The Morgan fingerprint density at radius 1 is 1.25 bits per heavy atom. The summed E-state index contributed by atoms with van der Waals surface area (Å²) in [5.74, 6) is 2.58. The van der Waals surface area contributed by atoms with E-state index in [1.807, 2.05) is 0 Å². The number of benzene rings is 1. The Morgan fingerprint density at radius 3 is 2.88 bits per heavy atom. The highest BCUT2D eigenvalue weighted by Crippen LogP contribution is 2.46.